The fourth-order valence-electron chi connectivity index (χ4n) is 1.15. The minimum atomic E-state index is -1.07. The lowest BCUT2D eigenvalue weighted by Gasteiger charge is -2.24. The molecule has 1 atom stereocenters. The number of ketones is 1. The van der Waals surface area contributed by atoms with Crippen molar-refractivity contribution < 1.29 is 9.90 Å². The van der Waals surface area contributed by atoms with Crippen LogP contribution in [0.5, 0.6) is 0 Å². The van der Waals surface area contributed by atoms with E-state index in [4.69, 9.17) is 5.73 Å². The van der Waals surface area contributed by atoms with E-state index in [9.17, 15) is 9.90 Å². The van der Waals surface area contributed by atoms with Crippen LogP contribution in [0.1, 0.15) is 31.1 Å². The highest BCUT2D eigenvalue weighted by molar-refractivity contribution is 6.03. The summed E-state index contributed by atoms with van der Waals surface area (Å²) >= 11 is 0. The molecule has 0 saturated carbocycles. The quantitative estimate of drug-likeness (QED) is 0.717. The van der Waals surface area contributed by atoms with E-state index in [1.54, 1.807) is 26.8 Å². The van der Waals surface area contributed by atoms with Crippen molar-refractivity contribution in [2.24, 2.45) is 5.41 Å². The van der Waals surface area contributed by atoms with Crippen LogP contribution in [0.4, 0.5) is 5.69 Å². The number of aliphatic hydroxyl groups is 1. The normalized spacial score (nSPS) is 13.6. The summed E-state index contributed by atoms with van der Waals surface area (Å²) in [5.41, 5.74) is 5.75. The van der Waals surface area contributed by atoms with E-state index < -0.39 is 11.5 Å². The molecule has 4 nitrogen and oxygen atoms in total. The van der Waals surface area contributed by atoms with Gasteiger partial charge in [-0.25, -0.2) is 0 Å². The number of carbonyl (C=O) groups is 1. The summed E-state index contributed by atoms with van der Waals surface area (Å²) in [4.78, 5) is 15.7. The van der Waals surface area contributed by atoms with Crippen LogP contribution < -0.4 is 5.73 Å². The molecule has 0 fully saturated rings. The lowest BCUT2D eigenvalue weighted by atomic mass is 9.84. The second-order valence-corrected chi connectivity index (χ2v) is 4.60. The topological polar surface area (TPSA) is 76.2 Å². The number of nitrogens with two attached hydrogens (primary N) is 1. The molecule has 1 aromatic heterocycles. The average Bonchev–Trinajstić information content (AvgIpc) is 2.15. The molecule has 0 radical (unpaired) electrons. The number of nitrogen functional groups attached to an aromatic ring is 1. The van der Waals surface area contributed by atoms with Crippen LogP contribution in [-0.4, -0.2) is 22.0 Å². The van der Waals surface area contributed by atoms with E-state index in [0.29, 0.717) is 5.69 Å². The molecule has 0 bridgehead atoms. The minimum Gasteiger partial charge on any atom is -0.398 e. The number of carbonyl (C=O) groups excluding carboxylic acids is 1. The summed E-state index contributed by atoms with van der Waals surface area (Å²) in [6.07, 6.45) is 1.83. The molecule has 0 spiro atoms. The van der Waals surface area contributed by atoms with E-state index >= 15 is 0 Å². The number of pyridine rings is 1. The van der Waals surface area contributed by atoms with Crippen LogP contribution in [0.2, 0.25) is 0 Å². The van der Waals surface area contributed by atoms with Gasteiger partial charge in [0.25, 0.3) is 0 Å². The number of hydrogen-bond acceptors (Lipinski definition) is 4. The first-order chi connectivity index (χ1) is 6.84. The first-order valence-corrected chi connectivity index (χ1v) is 4.76. The van der Waals surface area contributed by atoms with Crippen molar-refractivity contribution in [3.63, 3.8) is 0 Å². The van der Waals surface area contributed by atoms with Crippen molar-refractivity contribution in [2.75, 3.05) is 5.73 Å². The third-order valence-electron chi connectivity index (χ3n) is 2.19. The number of nitrogens with zero attached hydrogens (tertiary/aromatic N) is 1. The lowest BCUT2D eigenvalue weighted by Crippen LogP contribution is -2.34. The molecule has 1 heterocycles. The summed E-state index contributed by atoms with van der Waals surface area (Å²) in [5.74, 6) is -0.381. The molecule has 0 aliphatic rings. The molecular formula is C11H16N2O2. The van der Waals surface area contributed by atoms with Crippen LogP contribution in [0.15, 0.2) is 18.5 Å². The zero-order valence-electron chi connectivity index (χ0n) is 9.19. The Kier molecular flexibility index (Phi) is 3.09. The zero-order chi connectivity index (χ0) is 11.6. The Bertz CT molecular complexity index is 369. The summed E-state index contributed by atoms with van der Waals surface area (Å²) in [7, 11) is 0. The van der Waals surface area contributed by atoms with Crippen molar-refractivity contribution in [1.29, 1.82) is 0 Å². The second kappa shape index (κ2) is 3.98. The Balaban J connectivity index is 3.01. The summed E-state index contributed by atoms with van der Waals surface area (Å²) in [6.45, 7) is 5.38. The van der Waals surface area contributed by atoms with Gasteiger partial charge in [0, 0.05) is 18.1 Å². The number of anilines is 1. The first kappa shape index (κ1) is 11.7. The Morgan fingerprint density at radius 1 is 1.53 bits per heavy atom. The highest BCUT2D eigenvalue weighted by Crippen LogP contribution is 2.23. The Hall–Kier alpha value is -1.42. The van der Waals surface area contributed by atoms with Crippen molar-refractivity contribution in [3.8, 4) is 0 Å². The van der Waals surface area contributed by atoms with Crippen LogP contribution in [-0.2, 0) is 0 Å². The van der Waals surface area contributed by atoms with E-state index in [-0.39, 0.29) is 11.3 Å². The van der Waals surface area contributed by atoms with Crippen LogP contribution >= 0.6 is 0 Å². The molecule has 0 saturated heterocycles. The van der Waals surface area contributed by atoms with E-state index in [2.05, 4.69) is 4.98 Å². The van der Waals surface area contributed by atoms with Gasteiger partial charge in [0.2, 0.25) is 0 Å². The number of Topliss-reactive ketones (excluding diaryl/α,β-unsaturated/α-hetero) is 1. The molecule has 1 unspecified atom stereocenters. The first-order valence-electron chi connectivity index (χ1n) is 4.76. The van der Waals surface area contributed by atoms with Gasteiger partial charge < -0.3 is 10.8 Å². The number of aromatic nitrogens is 1. The standard InChI is InChI=1S/C11H16N2O2/c1-11(2,3)10(15)9(14)7-6-13-5-4-8(7)12/h4-6,10,15H,1-3H3,(H2,12,13). The maximum absolute atomic E-state index is 11.8. The molecule has 0 aliphatic carbocycles. The summed E-state index contributed by atoms with van der Waals surface area (Å²) < 4.78 is 0. The molecule has 82 valence electrons. The minimum absolute atomic E-state index is 0.278. The molecule has 1 aromatic rings. The molecule has 4 heteroatoms. The largest absolute Gasteiger partial charge is 0.398 e. The molecule has 0 aliphatic heterocycles. The molecule has 0 amide bonds. The molecule has 3 N–H and O–H groups in total. The maximum atomic E-state index is 11.8. The van der Waals surface area contributed by atoms with E-state index in [0.717, 1.165) is 0 Å². The van der Waals surface area contributed by atoms with Crippen molar-refractivity contribution in [2.45, 2.75) is 26.9 Å². The average molecular weight is 208 g/mol. The van der Waals surface area contributed by atoms with Gasteiger partial charge in [-0.05, 0) is 11.5 Å². The van der Waals surface area contributed by atoms with Crippen molar-refractivity contribution in [1.82, 2.24) is 4.98 Å². The van der Waals surface area contributed by atoms with Gasteiger partial charge in [0.05, 0.1) is 5.56 Å². The van der Waals surface area contributed by atoms with Crippen molar-refractivity contribution >= 4 is 11.5 Å². The SMILES string of the molecule is CC(C)(C)C(O)C(=O)c1cnccc1N. The smallest absolute Gasteiger partial charge is 0.195 e. The monoisotopic (exact) mass is 208 g/mol. The van der Waals surface area contributed by atoms with Gasteiger partial charge in [0.15, 0.2) is 5.78 Å². The zero-order valence-corrected chi connectivity index (χ0v) is 9.19. The van der Waals surface area contributed by atoms with Crippen LogP contribution in [0.3, 0.4) is 0 Å². The van der Waals surface area contributed by atoms with Crippen LogP contribution in [0, 0.1) is 5.41 Å². The lowest BCUT2D eigenvalue weighted by molar-refractivity contribution is 0.0443. The van der Waals surface area contributed by atoms with Gasteiger partial charge in [-0.2, -0.15) is 0 Å². The summed E-state index contributed by atoms with van der Waals surface area (Å²) in [6, 6.07) is 1.54. The Morgan fingerprint density at radius 3 is 2.60 bits per heavy atom. The molecule has 15 heavy (non-hydrogen) atoms. The number of aliphatic hydroxyl groups excluding tert-OH is 1. The highest BCUT2D eigenvalue weighted by Gasteiger charge is 2.30. The Morgan fingerprint density at radius 2 is 2.13 bits per heavy atom. The predicted octanol–water partition coefficient (Wildman–Crippen LogP) is 1.25. The highest BCUT2D eigenvalue weighted by atomic mass is 16.3. The maximum Gasteiger partial charge on any atom is 0.195 e. The summed E-state index contributed by atoms with van der Waals surface area (Å²) in [5, 5.41) is 9.80. The van der Waals surface area contributed by atoms with E-state index in [1.165, 1.54) is 12.4 Å². The van der Waals surface area contributed by atoms with Crippen LogP contribution in [0.25, 0.3) is 0 Å². The third kappa shape index (κ3) is 2.53. The van der Waals surface area contributed by atoms with Gasteiger partial charge in [-0.15, -0.1) is 0 Å². The van der Waals surface area contributed by atoms with Crippen molar-refractivity contribution in [3.05, 3.63) is 24.0 Å². The predicted molar refractivity (Wildman–Crippen MR) is 58.4 cm³/mol. The van der Waals surface area contributed by atoms with Gasteiger partial charge in [-0.1, -0.05) is 20.8 Å². The van der Waals surface area contributed by atoms with E-state index in [1.807, 2.05) is 0 Å². The van der Waals surface area contributed by atoms with Gasteiger partial charge in [0.1, 0.15) is 6.10 Å². The Labute approximate surface area is 89.1 Å². The molecular weight excluding hydrogens is 192 g/mol. The molecule has 1 rings (SSSR count). The number of hydrogen-bond donors (Lipinski definition) is 2. The third-order valence-corrected chi connectivity index (χ3v) is 2.19. The molecule has 0 aromatic carbocycles. The number of rotatable bonds is 2. The second-order valence-electron chi connectivity index (χ2n) is 4.60. The fourth-order valence-corrected chi connectivity index (χ4v) is 1.15. The fraction of sp³-hybridized carbons (Fsp3) is 0.455. The van der Waals surface area contributed by atoms with Gasteiger partial charge in [-0.3, -0.25) is 9.78 Å². The van der Waals surface area contributed by atoms with Gasteiger partial charge >= 0.3 is 0 Å².